The molecule has 0 unspecified atom stereocenters. The van der Waals surface area contributed by atoms with Crippen LogP contribution in [0, 0.1) is 10.1 Å². The molecule has 0 saturated carbocycles. The number of nitrogens with zero attached hydrogens (tertiary/aromatic N) is 2. The number of halogens is 1. The summed E-state index contributed by atoms with van der Waals surface area (Å²) in [5, 5.41) is 20.2. The van der Waals surface area contributed by atoms with Gasteiger partial charge in [0.15, 0.2) is 0 Å². The van der Waals surface area contributed by atoms with Crippen molar-refractivity contribution >= 4 is 28.9 Å². The highest BCUT2D eigenvalue weighted by atomic mass is 35.5. The van der Waals surface area contributed by atoms with E-state index in [9.17, 15) is 19.7 Å². The van der Waals surface area contributed by atoms with E-state index < -0.39 is 10.8 Å². The molecule has 1 heterocycles. The first kappa shape index (κ1) is 17.3. The normalized spacial score (nSPS) is 10.3. The zero-order valence-electron chi connectivity index (χ0n) is 13.1. The van der Waals surface area contributed by atoms with Crippen molar-refractivity contribution in [1.29, 1.82) is 0 Å². The quantitative estimate of drug-likeness (QED) is 0.539. The van der Waals surface area contributed by atoms with Gasteiger partial charge in [0.2, 0.25) is 0 Å². The number of nitro benzene ring substituents is 1. The largest absolute Gasteiger partial charge is 0.322 e. The van der Waals surface area contributed by atoms with Crippen LogP contribution in [0.3, 0.4) is 0 Å². The number of hydrogen-bond acceptors (Lipinski definition) is 5. The highest BCUT2D eigenvalue weighted by Crippen LogP contribution is 2.25. The molecule has 1 aromatic heterocycles. The van der Waals surface area contributed by atoms with Crippen LogP contribution in [-0.2, 0) is 0 Å². The van der Waals surface area contributed by atoms with E-state index in [0.717, 1.165) is 6.07 Å². The minimum atomic E-state index is -0.665. The Labute approximate surface area is 151 Å². The average Bonchev–Trinajstić information content (AvgIpc) is 2.62. The number of aromatic amines is 1. The van der Waals surface area contributed by atoms with Crippen LogP contribution in [-0.4, -0.2) is 21.0 Å². The Hall–Kier alpha value is -3.52. The fourth-order valence-electron chi connectivity index (χ4n) is 2.31. The van der Waals surface area contributed by atoms with E-state index in [-0.39, 0.29) is 21.8 Å². The predicted octanol–water partition coefficient (Wildman–Crippen LogP) is 3.25. The van der Waals surface area contributed by atoms with Crippen LogP contribution in [0.5, 0.6) is 0 Å². The van der Waals surface area contributed by atoms with E-state index >= 15 is 0 Å². The minimum Gasteiger partial charge on any atom is -0.322 e. The lowest BCUT2D eigenvalue weighted by molar-refractivity contribution is -0.385. The number of rotatable bonds is 4. The Bertz CT molecular complexity index is 1040. The second-order valence-corrected chi connectivity index (χ2v) is 5.70. The molecule has 26 heavy (non-hydrogen) atoms. The molecule has 2 N–H and O–H groups in total. The summed E-state index contributed by atoms with van der Waals surface area (Å²) < 4.78 is 0. The van der Waals surface area contributed by atoms with Gasteiger partial charge in [0, 0.05) is 28.4 Å². The maximum atomic E-state index is 12.4. The number of carbonyl (C=O) groups is 1. The molecule has 3 rings (SSSR count). The number of benzene rings is 2. The number of H-pyrrole nitrogens is 1. The summed E-state index contributed by atoms with van der Waals surface area (Å²) in [7, 11) is 0. The van der Waals surface area contributed by atoms with Crippen molar-refractivity contribution in [3.63, 3.8) is 0 Å². The molecule has 3 aromatic rings. The van der Waals surface area contributed by atoms with Crippen molar-refractivity contribution in [2.45, 2.75) is 0 Å². The van der Waals surface area contributed by atoms with Crippen LogP contribution in [0.2, 0.25) is 5.02 Å². The number of nitrogens with one attached hydrogen (secondary N) is 2. The molecule has 8 nitrogen and oxygen atoms in total. The van der Waals surface area contributed by atoms with E-state index in [1.54, 1.807) is 30.3 Å². The monoisotopic (exact) mass is 370 g/mol. The van der Waals surface area contributed by atoms with Gasteiger partial charge in [0.1, 0.15) is 5.56 Å². The van der Waals surface area contributed by atoms with Gasteiger partial charge in [-0.05, 0) is 30.3 Å². The Morgan fingerprint density at radius 3 is 2.65 bits per heavy atom. The molecular formula is C17H11ClN4O4. The summed E-state index contributed by atoms with van der Waals surface area (Å²) in [5.74, 6) is -0.639. The maximum absolute atomic E-state index is 12.4. The van der Waals surface area contributed by atoms with Crippen molar-refractivity contribution in [3.05, 3.63) is 85.7 Å². The molecule has 9 heteroatoms. The second-order valence-electron chi connectivity index (χ2n) is 5.26. The summed E-state index contributed by atoms with van der Waals surface area (Å²) in [4.78, 5) is 34.0. The molecule has 0 aliphatic carbocycles. The SMILES string of the molecule is O=C(Nc1cccc(-c2ccc(=O)[nH]n2)c1)c1ccc(Cl)cc1[N+](=O)[O-]. The highest BCUT2D eigenvalue weighted by Gasteiger charge is 2.20. The van der Waals surface area contributed by atoms with Gasteiger partial charge in [-0.25, -0.2) is 5.10 Å². The number of aromatic nitrogens is 2. The molecular weight excluding hydrogens is 360 g/mol. The summed E-state index contributed by atoms with van der Waals surface area (Å²) >= 11 is 5.76. The molecule has 2 aromatic carbocycles. The number of anilines is 1. The lowest BCUT2D eigenvalue weighted by Gasteiger charge is -2.08. The third kappa shape index (κ3) is 3.76. The maximum Gasteiger partial charge on any atom is 0.283 e. The van der Waals surface area contributed by atoms with E-state index in [1.807, 2.05) is 0 Å². The molecule has 0 saturated heterocycles. The molecule has 130 valence electrons. The van der Waals surface area contributed by atoms with Crippen LogP contribution in [0.1, 0.15) is 10.4 Å². The Morgan fingerprint density at radius 1 is 1.15 bits per heavy atom. The molecule has 0 aliphatic rings. The predicted molar refractivity (Wildman–Crippen MR) is 96.4 cm³/mol. The zero-order valence-corrected chi connectivity index (χ0v) is 13.9. The molecule has 0 aliphatic heterocycles. The van der Waals surface area contributed by atoms with Crippen LogP contribution in [0.15, 0.2) is 59.4 Å². The smallest absolute Gasteiger partial charge is 0.283 e. The molecule has 0 atom stereocenters. The van der Waals surface area contributed by atoms with Crippen LogP contribution >= 0.6 is 11.6 Å². The molecule has 0 spiro atoms. The van der Waals surface area contributed by atoms with Crippen molar-refractivity contribution in [3.8, 4) is 11.3 Å². The first-order chi connectivity index (χ1) is 12.4. The van der Waals surface area contributed by atoms with Gasteiger partial charge in [0.05, 0.1) is 10.6 Å². The Balaban J connectivity index is 1.89. The summed E-state index contributed by atoms with van der Waals surface area (Å²) in [6, 6.07) is 13.4. The molecule has 0 bridgehead atoms. The number of nitro groups is 1. The van der Waals surface area contributed by atoms with E-state index in [0.29, 0.717) is 16.9 Å². The topological polar surface area (TPSA) is 118 Å². The lowest BCUT2D eigenvalue weighted by Crippen LogP contribution is -2.14. The fourth-order valence-corrected chi connectivity index (χ4v) is 2.47. The van der Waals surface area contributed by atoms with E-state index in [4.69, 9.17) is 11.6 Å². The second kappa shape index (κ2) is 7.16. The van der Waals surface area contributed by atoms with Crippen LogP contribution < -0.4 is 10.9 Å². The molecule has 0 radical (unpaired) electrons. The van der Waals surface area contributed by atoms with Crippen molar-refractivity contribution in [2.75, 3.05) is 5.32 Å². The van der Waals surface area contributed by atoms with Crippen LogP contribution in [0.25, 0.3) is 11.3 Å². The standard InChI is InChI=1S/C17H11ClN4O4/c18-11-4-5-13(15(9-11)22(25)26)17(24)19-12-3-1-2-10(8-12)14-6-7-16(23)21-20-14/h1-9H,(H,19,24)(H,21,23). The third-order valence-corrected chi connectivity index (χ3v) is 3.73. The molecule has 0 fully saturated rings. The Morgan fingerprint density at radius 2 is 1.96 bits per heavy atom. The zero-order chi connectivity index (χ0) is 18.7. The summed E-state index contributed by atoms with van der Waals surface area (Å²) in [6.45, 7) is 0. The Kier molecular flexibility index (Phi) is 4.76. The minimum absolute atomic E-state index is 0.105. The number of amides is 1. The lowest BCUT2D eigenvalue weighted by atomic mass is 10.1. The van der Waals surface area contributed by atoms with Gasteiger partial charge in [-0.2, -0.15) is 5.10 Å². The van der Waals surface area contributed by atoms with E-state index in [2.05, 4.69) is 15.5 Å². The average molecular weight is 371 g/mol. The summed E-state index contributed by atoms with van der Waals surface area (Å²) in [6.07, 6.45) is 0. The number of carbonyl (C=O) groups excluding carboxylic acids is 1. The summed E-state index contributed by atoms with van der Waals surface area (Å²) in [5.41, 5.74) is 0.779. The van der Waals surface area contributed by atoms with Gasteiger partial charge >= 0.3 is 0 Å². The first-order valence-corrected chi connectivity index (χ1v) is 7.73. The number of hydrogen-bond donors (Lipinski definition) is 2. The van der Waals surface area contributed by atoms with Crippen molar-refractivity contribution in [2.24, 2.45) is 0 Å². The van der Waals surface area contributed by atoms with Crippen LogP contribution in [0.4, 0.5) is 11.4 Å². The van der Waals surface area contributed by atoms with Gasteiger partial charge in [0.25, 0.3) is 17.2 Å². The van der Waals surface area contributed by atoms with Gasteiger partial charge in [-0.15, -0.1) is 0 Å². The van der Waals surface area contributed by atoms with Crippen molar-refractivity contribution < 1.29 is 9.72 Å². The third-order valence-electron chi connectivity index (χ3n) is 3.50. The molecule has 1 amide bonds. The highest BCUT2D eigenvalue weighted by molar-refractivity contribution is 6.31. The van der Waals surface area contributed by atoms with Gasteiger partial charge < -0.3 is 5.32 Å². The van der Waals surface area contributed by atoms with Gasteiger partial charge in [-0.3, -0.25) is 19.7 Å². The van der Waals surface area contributed by atoms with E-state index in [1.165, 1.54) is 18.2 Å². The van der Waals surface area contributed by atoms with Crippen molar-refractivity contribution in [1.82, 2.24) is 10.2 Å². The first-order valence-electron chi connectivity index (χ1n) is 7.35. The van der Waals surface area contributed by atoms with Gasteiger partial charge in [-0.1, -0.05) is 23.7 Å². The fraction of sp³-hybridized carbons (Fsp3) is 0.